The molecule has 1 aliphatic carbocycles. The molecule has 0 radical (unpaired) electrons. The molecule has 0 amide bonds. The predicted molar refractivity (Wildman–Crippen MR) is 107 cm³/mol. The molecule has 8 heteroatoms. The van der Waals surface area contributed by atoms with Gasteiger partial charge in [-0.25, -0.2) is 9.97 Å². The summed E-state index contributed by atoms with van der Waals surface area (Å²) in [5.74, 6) is 1.91. The van der Waals surface area contributed by atoms with E-state index in [2.05, 4.69) is 25.3 Å². The van der Waals surface area contributed by atoms with Gasteiger partial charge in [0.2, 0.25) is 5.95 Å². The topological polar surface area (TPSA) is 80.7 Å². The van der Waals surface area contributed by atoms with Gasteiger partial charge in [0.15, 0.2) is 10.3 Å². The Balaban J connectivity index is 1.46. The van der Waals surface area contributed by atoms with E-state index in [4.69, 9.17) is 0 Å². The molecule has 1 aromatic carbocycles. The van der Waals surface area contributed by atoms with Crippen LogP contribution in [0.15, 0.2) is 45.9 Å². The highest BCUT2D eigenvalue weighted by atomic mass is 32.2. The number of aromatic nitrogens is 4. The summed E-state index contributed by atoms with van der Waals surface area (Å²) in [6, 6.07) is 8.06. The van der Waals surface area contributed by atoms with Gasteiger partial charge in [0.1, 0.15) is 11.6 Å². The molecule has 6 nitrogen and oxygen atoms in total. The summed E-state index contributed by atoms with van der Waals surface area (Å²) in [6.45, 7) is 2.02. The van der Waals surface area contributed by atoms with Crippen molar-refractivity contribution in [3.63, 3.8) is 0 Å². The Kier molecular flexibility index (Phi) is 5.45. The van der Waals surface area contributed by atoms with E-state index >= 15 is 0 Å². The lowest BCUT2D eigenvalue weighted by molar-refractivity contribution is -0.119. The molecule has 1 aliphatic rings. The lowest BCUT2D eigenvalue weighted by Crippen LogP contribution is -2.04. The molecule has 0 unspecified atom stereocenters. The van der Waals surface area contributed by atoms with Gasteiger partial charge < -0.3 is 0 Å². The van der Waals surface area contributed by atoms with Crippen LogP contribution in [-0.4, -0.2) is 25.7 Å². The summed E-state index contributed by atoms with van der Waals surface area (Å²) in [6.07, 6.45) is 5.11. The second kappa shape index (κ2) is 8.14. The largest absolute Gasteiger partial charge is 0.300 e. The van der Waals surface area contributed by atoms with Crippen LogP contribution in [0.4, 0.5) is 11.1 Å². The minimum absolute atomic E-state index is 0.306. The molecule has 0 atom stereocenters. The van der Waals surface area contributed by atoms with Crippen LogP contribution < -0.4 is 5.32 Å². The quantitative estimate of drug-likeness (QED) is 0.607. The molecular formula is C19H19N5OS2. The summed E-state index contributed by atoms with van der Waals surface area (Å²) in [5, 5.41) is 6.42. The number of anilines is 2. The Morgan fingerprint density at radius 2 is 2.04 bits per heavy atom. The second-order valence-electron chi connectivity index (χ2n) is 6.34. The molecule has 0 spiro atoms. The Hall–Kier alpha value is -2.32. The van der Waals surface area contributed by atoms with Gasteiger partial charge >= 0.3 is 0 Å². The normalized spacial score (nSPS) is 13.5. The molecule has 2 aromatic heterocycles. The summed E-state index contributed by atoms with van der Waals surface area (Å²) in [5.41, 5.74) is 1.06. The fraction of sp³-hybridized carbons (Fsp3) is 0.316. The smallest absolute Gasteiger partial charge is 0.233 e. The molecule has 0 bridgehead atoms. The van der Waals surface area contributed by atoms with Gasteiger partial charge in [0, 0.05) is 35.2 Å². The number of ketones is 1. The number of aryl methyl sites for hydroxylation is 1. The Labute approximate surface area is 165 Å². The van der Waals surface area contributed by atoms with Crippen LogP contribution in [0.1, 0.15) is 31.2 Å². The van der Waals surface area contributed by atoms with E-state index in [0.717, 1.165) is 40.7 Å². The van der Waals surface area contributed by atoms with Crippen molar-refractivity contribution in [1.82, 2.24) is 19.9 Å². The fourth-order valence-corrected chi connectivity index (χ4v) is 3.86. The first-order valence-electron chi connectivity index (χ1n) is 8.90. The number of benzene rings is 1. The number of nitrogens with zero attached hydrogens (tertiary/aromatic N) is 4. The first-order valence-corrected chi connectivity index (χ1v) is 10.6. The number of hydrogen-bond acceptors (Lipinski definition) is 8. The van der Waals surface area contributed by atoms with Crippen LogP contribution in [-0.2, 0) is 17.6 Å². The zero-order valence-corrected chi connectivity index (χ0v) is 16.5. The SMILES string of the molecule is CCc1nc(Nc2nccs2)nc(Sc2ccc(CC(=O)C3CC3)cc2)n1. The maximum atomic E-state index is 11.9. The van der Waals surface area contributed by atoms with Crippen molar-refractivity contribution in [3.05, 3.63) is 47.2 Å². The van der Waals surface area contributed by atoms with E-state index < -0.39 is 0 Å². The number of nitrogens with one attached hydrogen (secondary N) is 1. The highest BCUT2D eigenvalue weighted by Crippen LogP contribution is 2.31. The highest BCUT2D eigenvalue weighted by molar-refractivity contribution is 7.99. The van der Waals surface area contributed by atoms with Gasteiger partial charge in [-0.15, -0.1) is 11.3 Å². The first kappa shape index (κ1) is 18.1. The van der Waals surface area contributed by atoms with E-state index in [1.54, 1.807) is 6.20 Å². The Morgan fingerprint density at radius 3 is 2.70 bits per heavy atom. The average molecular weight is 398 g/mol. The third kappa shape index (κ3) is 4.90. The van der Waals surface area contributed by atoms with E-state index in [0.29, 0.717) is 29.2 Å². The Morgan fingerprint density at radius 1 is 1.22 bits per heavy atom. The molecule has 138 valence electrons. The minimum atomic E-state index is 0.306. The third-order valence-corrected chi connectivity index (χ3v) is 5.73. The summed E-state index contributed by atoms with van der Waals surface area (Å²) < 4.78 is 0. The van der Waals surface area contributed by atoms with Crippen LogP contribution in [0.2, 0.25) is 0 Å². The standard InChI is InChI=1S/C19H19N5OS2/c1-2-16-21-17(23-18-20-9-10-26-18)24-19(22-16)27-14-7-3-12(4-8-14)11-15(25)13-5-6-13/h3-4,7-10,13H,2,5-6,11H2,1H3,(H,20,21,22,23,24). The highest BCUT2D eigenvalue weighted by Gasteiger charge is 2.28. The molecule has 27 heavy (non-hydrogen) atoms. The average Bonchev–Trinajstić information content (AvgIpc) is 3.41. The fourth-order valence-electron chi connectivity index (χ4n) is 2.57. The van der Waals surface area contributed by atoms with Crippen LogP contribution in [0, 0.1) is 5.92 Å². The molecule has 1 saturated carbocycles. The van der Waals surface area contributed by atoms with Crippen molar-refractivity contribution >= 4 is 40.0 Å². The zero-order chi connectivity index (χ0) is 18.6. The Bertz CT molecular complexity index is 924. The van der Waals surface area contributed by atoms with Crippen molar-refractivity contribution in [3.8, 4) is 0 Å². The molecule has 3 aromatic rings. The number of hydrogen-bond donors (Lipinski definition) is 1. The summed E-state index contributed by atoms with van der Waals surface area (Å²) >= 11 is 2.98. The van der Waals surface area contributed by atoms with Crippen LogP contribution in [0.3, 0.4) is 0 Å². The van der Waals surface area contributed by atoms with Gasteiger partial charge in [-0.05, 0) is 42.3 Å². The molecule has 2 heterocycles. The minimum Gasteiger partial charge on any atom is -0.300 e. The van der Waals surface area contributed by atoms with Gasteiger partial charge in [0.05, 0.1) is 0 Å². The third-order valence-electron chi connectivity index (χ3n) is 4.17. The van der Waals surface area contributed by atoms with Gasteiger partial charge in [-0.1, -0.05) is 19.1 Å². The lowest BCUT2D eigenvalue weighted by Gasteiger charge is -2.07. The maximum Gasteiger partial charge on any atom is 0.233 e. The molecule has 1 fully saturated rings. The second-order valence-corrected chi connectivity index (χ2v) is 8.27. The van der Waals surface area contributed by atoms with Gasteiger partial charge in [-0.3, -0.25) is 10.1 Å². The summed E-state index contributed by atoms with van der Waals surface area (Å²) in [4.78, 5) is 30.6. The van der Waals surface area contributed by atoms with E-state index in [1.165, 1.54) is 23.1 Å². The van der Waals surface area contributed by atoms with Crippen molar-refractivity contribution in [2.75, 3.05) is 5.32 Å². The molecular weight excluding hydrogens is 378 g/mol. The number of thiazole rings is 1. The zero-order valence-electron chi connectivity index (χ0n) is 14.9. The molecule has 1 N–H and O–H groups in total. The van der Waals surface area contributed by atoms with E-state index in [9.17, 15) is 4.79 Å². The number of Topliss-reactive ketones (excluding diaryl/α,β-unsaturated/α-hetero) is 1. The molecule has 0 saturated heterocycles. The van der Waals surface area contributed by atoms with Crippen molar-refractivity contribution in [2.45, 2.75) is 42.7 Å². The molecule has 4 rings (SSSR count). The van der Waals surface area contributed by atoms with Crippen LogP contribution in [0.25, 0.3) is 0 Å². The number of carbonyl (C=O) groups excluding carboxylic acids is 1. The number of carbonyl (C=O) groups is 1. The molecule has 0 aliphatic heterocycles. The van der Waals surface area contributed by atoms with Crippen molar-refractivity contribution in [2.24, 2.45) is 5.92 Å². The number of rotatable bonds is 8. The summed E-state index contributed by atoms with van der Waals surface area (Å²) in [7, 11) is 0. The van der Waals surface area contributed by atoms with Crippen molar-refractivity contribution < 1.29 is 4.79 Å². The van der Waals surface area contributed by atoms with Gasteiger partial charge in [0.25, 0.3) is 0 Å². The lowest BCUT2D eigenvalue weighted by atomic mass is 10.1. The monoisotopic (exact) mass is 397 g/mol. The van der Waals surface area contributed by atoms with Crippen molar-refractivity contribution in [1.29, 1.82) is 0 Å². The van der Waals surface area contributed by atoms with Gasteiger partial charge in [-0.2, -0.15) is 9.97 Å². The van der Waals surface area contributed by atoms with E-state index in [-0.39, 0.29) is 0 Å². The maximum absolute atomic E-state index is 11.9. The van der Waals surface area contributed by atoms with E-state index in [1.807, 2.05) is 36.6 Å². The van der Waals surface area contributed by atoms with Crippen LogP contribution in [0.5, 0.6) is 0 Å². The van der Waals surface area contributed by atoms with Crippen LogP contribution >= 0.6 is 23.1 Å². The predicted octanol–water partition coefficient (Wildman–Crippen LogP) is 4.31. The first-order chi connectivity index (χ1) is 13.2.